The fourth-order valence-electron chi connectivity index (χ4n) is 0.439. The summed E-state index contributed by atoms with van der Waals surface area (Å²) in [5.74, 6) is -0.811. The molecule has 4 nitrogen and oxygen atoms in total. The van der Waals surface area contributed by atoms with E-state index in [2.05, 4.69) is 0 Å². The van der Waals surface area contributed by atoms with Crippen LogP contribution in [0.3, 0.4) is 0 Å². The van der Waals surface area contributed by atoms with Crippen molar-refractivity contribution in [2.24, 2.45) is 5.73 Å². The van der Waals surface area contributed by atoms with E-state index < -0.39 is 18.1 Å². The van der Waals surface area contributed by atoms with E-state index in [-0.39, 0.29) is 0 Å². The van der Waals surface area contributed by atoms with Crippen molar-refractivity contribution in [1.29, 1.82) is 0 Å². The molecule has 0 aromatic rings. The van der Waals surface area contributed by atoms with Crippen molar-refractivity contribution in [2.45, 2.75) is 12.1 Å². The highest BCUT2D eigenvalue weighted by Gasteiger charge is 2.20. The molecule has 0 aliphatic rings. The molecule has 4 N–H and O–H groups in total. The lowest BCUT2D eigenvalue weighted by atomic mass is 10.2. The van der Waals surface area contributed by atoms with Gasteiger partial charge in [0, 0.05) is 5.75 Å². The van der Waals surface area contributed by atoms with Crippen LogP contribution in [0.1, 0.15) is 0 Å². The van der Waals surface area contributed by atoms with E-state index in [9.17, 15) is 4.79 Å². The molecule has 0 aromatic heterocycles. The minimum Gasteiger partial charge on any atom is -0.480 e. The predicted octanol–water partition coefficient (Wildman–Crippen LogP) is -0.878. The average Bonchev–Trinajstić information content (AvgIpc) is 1.87. The smallest absolute Gasteiger partial charge is 0.323 e. The van der Waals surface area contributed by atoms with Crippen molar-refractivity contribution in [1.82, 2.24) is 0 Å². The van der Waals surface area contributed by atoms with Gasteiger partial charge in [-0.15, -0.1) is 0 Å². The molecule has 0 rings (SSSR count). The number of aliphatic carboxylic acids is 1. The Morgan fingerprint density at radius 1 is 1.80 bits per heavy atom. The second-order valence-electron chi connectivity index (χ2n) is 1.89. The third-order valence-corrected chi connectivity index (χ3v) is 1.71. The van der Waals surface area contributed by atoms with E-state index in [4.69, 9.17) is 15.9 Å². The summed E-state index contributed by atoms with van der Waals surface area (Å²) in [7, 11) is 0. The molecule has 0 heterocycles. The zero-order chi connectivity index (χ0) is 8.15. The number of carbonyl (C=O) groups is 1. The van der Waals surface area contributed by atoms with Gasteiger partial charge in [0.25, 0.3) is 0 Å². The Morgan fingerprint density at radius 2 is 2.30 bits per heavy atom. The summed E-state index contributed by atoms with van der Waals surface area (Å²) < 4.78 is 0. The minimum atomic E-state index is -1.17. The third-order valence-electron chi connectivity index (χ3n) is 1.04. The standard InChI is InChI=1S/C5H11NO3S/c1-10-2-3(7)4(6)5(8)9/h3-4,7H,2,6H2,1H3,(H,8,9)/t3?,4-/m0/s1. The fourth-order valence-corrected chi connectivity index (χ4v) is 0.988. The Kier molecular flexibility index (Phi) is 4.42. The Balaban J connectivity index is 3.69. The normalized spacial score (nSPS) is 16.3. The first-order valence-electron chi connectivity index (χ1n) is 2.75. The highest BCUT2D eigenvalue weighted by atomic mass is 32.2. The van der Waals surface area contributed by atoms with Gasteiger partial charge in [-0.25, -0.2) is 0 Å². The molecule has 0 fully saturated rings. The number of hydrogen-bond acceptors (Lipinski definition) is 4. The fraction of sp³-hybridized carbons (Fsp3) is 0.800. The molecule has 0 aliphatic heterocycles. The van der Waals surface area contributed by atoms with Crippen molar-refractivity contribution >= 4 is 17.7 Å². The Hall–Kier alpha value is -0.260. The molecule has 0 bridgehead atoms. The average molecular weight is 165 g/mol. The van der Waals surface area contributed by atoms with Gasteiger partial charge in [-0.05, 0) is 6.26 Å². The Bertz CT molecular complexity index is 119. The lowest BCUT2D eigenvalue weighted by Crippen LogP contribution is -2.43. The van der Waals surface area contributed by atoms with Crippen molar-refractivity contribution < 1.29 is 15.0 Å². The van der Waals surface area contributed by atoms with Gasteiger partial charge in [0.15, 0.2) is 0 Å². The summed E-state index contributed by atoms with van der Waals surface area (Å²) >= 11 is 1.36. The van der Waals surface area contributed by atoms with Gasteiger partial charge < -0.3 is 15.9 Å². The highest BCUT2D eigenvalue weighted by Crippen LogP contribution is 1.99. The van der Waals surface area contributed by atoms with Gasteiger partial charge in [0.05, 0.1) is 6.10 Å². The molecule has 0 saturated carbocycles. The number of carboxylic acid groups (broad SMARTS) is 1. The van der Waals surface area contributed by atoms with Crippen LogP contribution in [0.15, 0.2) is 0 Å². The first-order chi connectivity index (χ1) is 4.59. The first-order valence-corrected chi connectivity index (χ1v) is 4.14. The van der Waals surface area contributed by atoms with Gasteiger partial charge >= 0.3 is 5.97 Å². The number of hydrogen-bond donors (Lipinski definition) is 3. The number of rotatable bonds is 4. The predicted molar refractivity (Wildman–Crippen MR) is 40.0 cm³/mol. The first kappa shape index (κ1) is 9.74. The van der Waals surface area contributed by atoms with Crippen molar-refractivity contribution in [3.05, 3.63) is 0 Å². The molecule has 0 radical (unpaired) electrons. The second-order valence-corrected chi connectivity index (χ2v) is 2.80. The zero-order valence-corrected chi connectivity index (χ0v) is 6.47. The van der Waals surface area contributed by atoms with Crippen LogP contribution >= 0.6 is 11.8 Å². The number of thioether (sulfide) groups is 1. The molecule has 1 unspecified atom stereocenters. The van der Waals surface area contributed by atoms with Crippen LogP contribution in [-0.2, 0) is 4.79 Å². The SMILES string of the molecule is CSCC(O)[C@H](N)C(=O)O. The number of carboxylic acids is 1. The summed E-state index contributed by atoms with van der Waals surface area (Å²) in [5, 5.41) is 17.2. The number of aliphatic hydroxyl groups is 1. The third kappa shape index (κ3) is 3.05. The molecule has 10 heavy (non-hydrogen) atoms. The van der Waals surface area contributed by atoms with E-state index >= 15 is 0 Å². The molecular formula is C5H11NO3S. The maximum Gasteiger partial charge on any atom is 0.323 e. The summed E-state index contributed by atoms with van der Waals surface area (Å²) in [6.45, 7) is 0. The Morgan fingerprint density at radius 3 is 2.60 bits per heavy atom. The van der Waals surface area contributed by atoms with Gasteiger partial charge in [0.1, 0.15) is 6.04 Å². The van der Waals surface area contributed by atoms with Crippen molar-refractivity contribution in [3.8, 4) is 0 Å². The van der Waals surface area contributed by atoms with E-state index in [0.29, 0.717) is 5.75 Å². The van der Waals surface area contributed by atoms with Crippen LogP contribution in [0.4, 0.5) is 0 Å². The van der Waals surface area contributed by atoms with Crippen molar-refractivity contribution in [3.63, 3.8) is 0 Å². The van der Waals surface area contributed by atoms with Crippen LogP contribution in [0, 0.1) is 0 Å². The van der Waals surface area contributed by atoms with Gasteiger partial charge in [-0.2, -0.15) is 11.8 Å². The summed E-state index contributed by atoms with van der Waals surface area (Å²) in [6.07, 6.45) is 0.824. The van der Waals surface area contributed by atoms with Crippen LogP contribution in [0.25, 0.3) is 0 Å². The lowest BCUT2D eigenvalue weighted by molar-refractivity contribution is -0.140. The molecule has 0 saturated heterocycles. The molecule has 2 atom stereocenters. The van der Waals surface area contributed by atoms with Crippen LogP contribution in [0.5, 0.6) is 0 Å². The molecule has 0 spiro atoms. The van der Waals surface area contributed by atoms with E-state index in [0.717, 1.165) is 0 Å². The maximum absolute atomic E-state index is 10.1. The molecule has 5 heteroatoms. The summed E-state index contributed by atoms with van der Waals surface area (Å²) in [6, 6.07) is -1.16. The van der Waals surface area contributed by atoms with Crippen LogP contribution < -0.4 is 5.73 Å². The topological polar surface area (TPSA) is 83.5 Å². The quantitative estimate of drug-likeness (QED) is 0.504. The van der Waals surface area contributed by atoms with E-state index in [1.54, 1.807) is 6.26 Å². The van der Waals surface area contributed by atoms with Crippen LogP contribution in [0.2, 0.25) is 0 Å². The van der Waals surface area contributed by atoms with E-state index in [1.165, 1.54) is 11.8 Å². The number of aliphatic hydroxyl groups excluding tert-OH is 1. The monoisotopic (exact) mass is 165 g/mol. The van der Waals surface area contributed by atoms with Gasteiger partial charge in [-0.1, -0.05) is 0 Å². The minimum absolute atomic E-state index is 0.355. The second kappa shape index (κ2) is 4.54. The zero-order valence-electron chi connectivity index (χ0n) is 5.65. The molecular weight excluding hydrogens is 154 g/mol. The summed E-state index contributed by atoms with van der Waals surface area (Å²) in [5.41, 5.74) is 5.08. The van der Waals surface area contributed by atoms with Crippen LogP contribution in [-0.4, -0.2) is 40.3 Å². The molecule has 0 aromatic carbocycles. The van der Waals surface area contributed by atoms with Gasteiger partial charge in [0.2, 0.25) is 0 Å². The lowest BCUT2D eigenvalue weighted by Gasteiger charge is -2.12. The Labute approximate surface area is 63.4 Å². The molecule has 0 aliphatic carbocycles. The summed E-state index contributed by atoms with van der Waals surface area (Å²) in [4.78, 5) is 10.1. The molecule has 60 valence electrons. The maximum atomic E-state index is 10.1. The largest absolute Gasteiger partial charge is 0.480 e. The highest BCUT2D eigenvalue weighted by molar-refractivity contribution is 7.98. The molecule has 0 amide bonds. The van der Waals surface area contributed by atoms with Crippen molar-refractivity contribution in [2.75, 3.05) is 12.0 Å². The number of nitrogens with two attached hydrogens (primary N) is 1. The van der Waals surface area contributed by atoms with Gasteiger partial charge in [-0.3, -0.25) is 4.79 Å². The van der Waals surface area contributed by atoms with E-state index in [1.807, 2.05) is 0 Å².